The van der Waals surface area contributed by atoms with Crippen LogP contribution in [0, 0.1) is 0 Å². The Kier molecular flexibility index (Phi) is 6.61. The lowest BCUT2D eigenvalue weighted by Crippen LogP contribution is -2.30. The van der Waals surface area contributed by atoms with Crippen LogP contribution in [-0.4, -0.2) is 49.6 Å². The second-order valence-corrected chi connectivity index (χ2v) is 6.60. The Labute approximate surface area is 181 Å². The van der Waals surface area contributed by atoms with Crippen molar-refractivity contribution in [3.05, 3.63) is 58.1 Å². The number of methoxy groups -OCH3 is 2. The largest absolute Gasteiger partial charge is 0.480 e. The fourth-order valence-electron chi connectivity index (χ4n) is 2.63. The van der Waals surface area contributed by atoms with Gasteiger partial charge in [-0.3, -0.25) is 9.69 Å². The second kappa shape index (κ2) is 9.35. The van der Waals surface area contributed by atoms with Crippen LogP contribution in [-0.2, 0) is 25.6 Å². The average Bonchev–Trinajstić information content (AvgIpc) is 3.33. The van der Waals surface area contributed by atoms with E-state index >= 15 is 0 Å². The zero-order valence-corrected chi connectivity index (χ0v) is 17.2. The van der Waals surface area contributed by atoms with Crippen LogP contribution in [0.2, 0.25) is 5.02 Å². The number of nitrogens with one attached hydrogen (secondary N) is 1. The first kappa shape index (κ1) is 21.9. The maximum absolute atomic E-state index is 12.6. The molecular weight excluding hydrogens is 432 g/mol. The lowest BCUT2D eigenvalue weighted by molar-refractivity contribution is -0.142. The molecule has 0 atom stereocenters. The number of hydrogen-bond acceptors (Lipinski definition) is 8. The molecule has 1 aromatic carbocycles. The Balaban J connectivity index is 1.71. The minimum atomic E-state index is -0.667. The van der Waals surface area contributed by atoms with E-state index in [1.807, 2.05) is 0 Å². The highest BCUT2D eigenvalue weighted by molar-refractivity contribution is 6.32. The monoisotopic (exact) mass is 448 g/mol. The van der Waals surface area contributed by atoms with Crippen molar-refractivity contribution in [3.63, 3.8) is 0 Å². The lowest BCUT2D eigenvalue weighted by Gasteiger charge is -2.09. The van der Waals surface area contributed by atoms with Gasteiger partial charge in [0, 0.05) is 0 Å². The van der Waals surface area contributed by atoms with Crippen molar-refractivity contribution < 1.29 is 37.8 Å². The number of urea groups is 1. The highest BCUT2D eigenvalue weighted by atomic mass is 35.5. The molecule has 0 bridgehead atoms. The molecule has 0 unspecified atom stereocenters. The molecule has 3 rings (SSSR count). The maximum Gasteiger partial charge on any atom is 0.373 e. The van der Waals surface area contributed by atoms with E-state index in [4.69, 9.17) is 20.8 Å². The van der Waals surface area contributed by atoms with Crippen molar-refractivity contribution in [3.8, 4) is 5.75 Å². The molecule has 1 N–H and O–H groups in total. The second-order valence-electron chi connectivity index (χ2n) is 6.19. The summed E-state index contributed by atoms with van der Waals surface area (Å²) < 4.78 is 19.6. The number of amides is 3. The number of halogens is 1. The number of carbonyl (C=O) groups is 4. The summed E-state index contributed by atoms with van der Waals surface area (Å²) in [6, 6.07) is 6.86. The smallest absolute Gasteiger partial charge is 0.373 e. The molecule has 31 heavy (non-hydrogen) atoms. The number of imide groups is 1. The quantitative estimate of drug-likeness (QED) is 0.389. The first-order valence-electron chi connectivity index (χ1n) is 8.83. The standard InChI is InChI=1S/C20H17ClN2O8/c1-28-17(24)10-30-15-5-3-11(7-13(15)21)8-14-18(25)23(20(27)22-14)9-12-4-6-16(31-12)19(26)29-2/h3-8H,9-10H2,1-2H3,(H,22,27)/b14-8-. The summed E-state index contributed by atoms with van der Waals surface area (Å²) >= 11 is 6.14. The molecule has 0 saturated carbocycles. The van der Waals surface area contributed by atoms with Gasteiger partial charge >= 0.3 is 18.0 Å². The molecular formula is C20H17ClN2O8. The van der Waals surface area contributed by atoms with E-state index in [9.17, 15) is 19.2 Å². The molecule has 162 valence electrons. The van der Waals surface area contributed by atoms with E-state index in [2.05, 4.69) is 14.8 Å². The molecule has 1 fully saturated rings. The van der Waals surface area contributed by atoms with Gasteiger partial charge in [0.25, 0.3) is 5.91 Å². The van der Waals surface area contributed by atoms with Crippen LogP contribution in [0.3, 0.4) is 0 Å². The molecule has 1 aromatic heterocycles. The molecule has 2 aromatic rings. The van der Waals surface area contributed by atoms with E-state index in [-0.39, 0.29) is 41.1 Å². The SMILES string of the molecule is COC(=O)COc1ccc(/C=C2\NC(=O)N(Cc3ccc(C(=O)OC)o3)C2=O)cc1Cl. The van der Waals surface area contributed by atoms with E-state index < -0.39 is 23.9 Å². The third-order valence-corrected chi connectivity index (χ3v) is 4.46. The molecule has 1 aliphatic heterocycles. The Morgan fingerprint density at radius 2 is 1.94 bits per heavy atom. The highest BCUT2D eigenvalue weighted by Gasteiger charge is 2.34. The number of benzene rings is 1. The molecule has 1 aliphatic rings. The molecule has 2 heterocycles. The summed E-state index contributed by atoms with van der Waals surface area (Å²) in [5.41, 5.74) is 0.552. The van der Waals surface area contributed by atoms with Gasteiger partial charge in [0.1, 0.15) is 17.2 Å². The van der Waals surface area contributed by atoms with Crippen LogP contribution in [0.5, 0.6) is 5.75 Å². The first-order chi connectivity index (χ1) is 14.8. The molecule has 11 heteroatoms. The number of hydrogen-bond donors (Lipinski definition) is 1. The number of rotatable bonds is 7. The number of furan rings is 1. The van der Waals surface area contributed by atoms with Gasteiger partial charge in [-0.1, -0.05) is 17.7 Å². The van der Waals surface area contributed by atoms with Crippen molar-refractivity contribution in [2.75, 3.05) is 20.8 Å². The van der Waals surface area contributed by atoms with Gasteiger partial charge in [-0.05, 0) is 35.9 Å². The third kappa shape index (κ3) is 5.04. The third-order valence-electron chi connectivity index (χ3n) is 4.16. The van der Waals surface area contributed by atoms with Gasteiger partial charge in [-0.15, -0.1) is 0 Å². The molecule has 0 radical (unpaired) electrons. The van der Waals surface area contributed by atoms with Gasteiger partial charge < -0.3 is 23.9 Å². The number of esters is 2. The molecule has 3 amide bonds. The minimum Gasteiger partial charge on any atom is -0.480 e. The van der Waals surface area contributed by atoms with Gasteiger partial charge in [0.2, 0.25) is 5.76 Å². The van der Waals surface area contributed by atoms with E-state index in [1.165, 1.54) is 44.6 Å². The first-order valence-corrected chi connectivity index (χ1v) is 9.21. The van der Waals surface area contributed by atoms with Crippen LogP contribution < -0.4 is 10.1 Å². The Bertz CT molecular complexity index is 1070. The average molecular weight is 449 g/mol. The Hall–Kier alpha value is -3.79. The van der Waals surface area contributed by atoms with Crippen molar-refractivity contribution in [1.82, 2.24) is 10.2 Å². The Morgan fingerprint density at radius 1 is 1.16 bits per heavy atom. The zero-order valence-electron chi connectivity index (χ0n) is 16.5. The summed E-state index contributed by atoms with van der Waals surface area (Å²) in [5, 5.41) is 2.68. The van der Waals surface area contributed by atoms with E-state index in [0.717, 1.165) is 4.90 Å². The Morgan fingerprint density at radius 3 is 2.61 bits per heavy atom. The predicted molar refractivity (Wildman–Crippen MR) is 106 cm³/mol. The molecule has 1 saturated heterocycles. The molecule has 0 spiro atoms. The highest BCUT2D eigenvalue weighted by Crippen LogP contribution is 2.27. The molecule has 0 aliphatic carbocycles. The minimum absolute atomic E-state index is 0.0315. The van der Waals surface area contributed by atoms with Crippen molar-refractivity contribution in [2.24, 2.45) is 0 Å². The van der Waals surface area contributed by atoms with Crippen molar-refractivity contribution in [2.45, 2.75) is 6.54 Å². The van der Waals surface area contributed by atoms with E-state index in [1.54, 1.807) is 6.07 Å². The van der Waals surface area contributed by atoms with Crippen LogP contribution in [0.15, 0.2) is 40.4 Å². The topological polar surface area (TPSA) is 124 Å². The van der Waals surface area contributed by atoms with Crippen LogP contribution >= 0.6 is 11.6 Å². The van der Waals surface area contributed by atoms with Gasteiger partial charge in [-0.25, -0.2) is 14.4 Å². The number of nitrogens with zero attached hydrogens (tertiary/aromatic N) is 1. The van der Waals surface area contributed by atoms with Gasteiger partial charge in [-0.2, -0.15) is 0 Å². The maximum atomic E-state index is 12.6. The molecule has 10 nitrogen and oxygen atoms in total. The van der Waals surface area contributed by atoms with Crippen LogP contribution in [0.4, 0.5) is 4.79 Å². The van der Waals surface area contributed by atoms with Crippen molar-refractivity contribution in [1.29, 1.82) is 0 Å². The fourth-order valence-corrected chi connectivity index (χ4v) is 2.87. The van der Waals surface area contributed by atoms with E-state index in [0.29, 0.717) is 5.56 Å². The van der Waals surface area contributed by atoms with Gasteiger partial charge in [0.15, 0.2) is 6.61 Å². The summed E-state index contributed by atoms with van der Waals surface area (Å²) in [6.07, 6.45) is 1.44. The fraction of sp³-hybridized carbons (Fsp3) is 0.200. The lowest BCUT2D eigenvalue weighted by atomic mass is 10.2. The van der Waals surface area contributed by atoms with Gasteiger partial charge in [0.05, 0.1) is 25.8 Å². The zero-order chi connectivity index (χ0) is 22.5. The summed E-state index contributed by atoms with van der Waals surface area (Å²) in [6.45, 7) is -0.468. The van der Waals surface area contributed by atoms with Crippen LogP contribution in [0.25, 0.3) is 6.08 Å². The number of carbonyl (C=O) groups excluding carboxylic acids is 4. The van der Waals surface area contributed by atoms with Crippen LogP contribution in [0.1, 0.15) is 21.9 Å². The summed E-state index contributed by atoms with van der Waals surface area (Å²) in [7, 11) is 2.45. The normalized spacial score (nSPS) is 14.5. The number of ether oxygens (including phenoxy) is 3. The predicted octanol–water partition coefficient (Wildman–Crippen LogP) is 2.36. The summed E-state index contributed by atoms with van der Waals surface area (Å²) in [4.78, 5) is 48.4. The van der Waals surface area contributed by atoms with Crippen molar-refractivity contribution >= 4 is 41.6 Å². The summed E-state index contributed by atoms with van der Waals surface area (Å²) in [5.74, 6) is -1.35.